The first-order valence-electron chi connectivity index (χ1n) is 2.77. The average molecular weight is 168 g/mol. The molecule has 0 aliphatic carbocycles. The van der Waals surface area contributed by atoms with Gasteiger partial charge < -0.3 is 0 Å². The standard InChI is InChI=1S/C4H13N2O3P/c1-5(2)8-10(7)9-6(3)4/h10H,1-4H3. The third kappa shape index (κ3) is 6.19. The highest BCUT2D eigenvalue weighted by Gasteiger charge is 2.01. The first-order chi connectivity index (χ1) is 4.52. The van der Waals surface area contributed by atoms with Gasteiger partial charge in [0.15, 0.2) is 0 Å². The van der Waals surface area contributed by atoms with Gasteiger partial charge in [-0.1, -0.05) is 0 Å². The Morgan fingerprint density at radius 2 is 1.30 bits per heavy atom. The van der Waals surface area contributed by atoms with E-state index in [2.05, 4.69) is 9.25 Å². The van der Waals surface area contributed by atoms with Crippen LogP contribution in [0.3, 0.4) is 0 Å². The van der Waals surface area contributed by atoms with Crippen LogP contribution in [0.1, 0.15) is 0 Å². The summed E-state index contributed by atoms with van der Waals surface area (Å²) in [7, 11) is 4.18. The quantitative estimate of drug-likeness (QED) is 0.448. The molecule has 0 aromatic carbocycles. The molecular weight excluding hydrogens is 155 g/mol. The van der Waals surface area contributed by atoms with E-state index in [0.29, 0.717) is 0 Å². The molecule has 0 bridgehead atoms. The Kier molecular flexibility index (Phi) is 4.85. The lowest BCUT2D eigenvalue weighted by Crippen LogP contribution is -2.12. The van der Waals surface area contributed by atoms with E-state index < -0.39 is 8.25 Å². The van der Waals surface area contributed by atoms with Gasteiger partial charge in [-0.05, 0) is 0 Å². The van der Waals surface area contributed by atoms with Crippen molar-refractivity contribution in [3.05, 3.63) is 0 Å². The molecule has 0 N–H and O–H groups in total. The van der Waals surface area contributed by atoms with Crippen LogP contribution in [0.4, 0.5) is 0 Å². The summed E-state index contributed by atoms with van der Waals surface area (Å²) >= 11 is 0. The van der Waals surface area contributed by atoms with Gasteiger partial charge in [0.1, 0.15) is 0 Å². The summed E-state index contributed by atoms with van der Waals surface area (Å²) in [6, 6.07) is 0. The average Bonchev–Trinajstić information content (AvgIpc) is 1.58. The lowest BCUT2D eigenvalue weighted by atomic mass is 11.2. The molecule has 0 aromatic rings. The van der Waals surface area contributed by atoms with Crippen molar-refractivity contribution < 1.29 is 13.8 Å². The summed E-state index contributed by atoms with van der Waals surface area (Å²) in [6.07, 6.45) is 0. The molecule has 0 rings (SSSR count). The fourth-order valence-electron chi connectivity index (χ4n) is 0.315. The first kappa shape index (κ1) is 10.1. The van der Waals surface area contributed by atoms with Crippen molar-refractivity contribution in [2.45, 2.75) is 0 Å². The molecule has 0 aliphatic rings. The molecule has 0 spiro atoms. The van der Waals surface area contributed by atoms with Gasteiger partial charge in [-0.25, -0.2) is 9.25 Å². The van der Waals surface area contributed by atoms with Crippen molar-refractivity contribution in [1.29, 1.82) is 0 Å². The topological polar surface area (TPSA) is 42.0 Å². The Morgan fingerprint density at radius 1 is 1.00 bits per heavy atom. The molecule has 6 heteroatoms. The molecule has 0 heterocycles. The van der Waals surface area contributed by atoms with Crippen LogP contribution in [-0.4, -0.2) is 38.3 Å². The highest BCUT2D eigenvalue weighted by Crippen LogP contribution is 2.24. The summed E-state index contributed by atoms with van der Waals surface area (Å²) in [6.45, 7) is 0. The molecule has 0 aromatic heterocycles. The largest absolute Gasteiger partial charge is 0.352 e. The molecule has 0 atom stereocenters. The number of rotatable bonds is 4. The van der Waals surface area contributed by atoms with Crippen LogP contribution in [0.25, 0.3) is 0 Å². The Bertz CT molecular complexity index is 105. The maximum Gasteiger partial charge on any atom is 0.352 e. The Hall–Kier alpha value is 0.0700. The lowest BCUT2D eigenvalue weighted by Gasteiger charge is -2.12. The molecule has 0 fully saturated rings. The van der Waals surface area contributed by atoms with E-state index in [4.69, 9.17) is 0 Å². The minimum absolute atomic E-state index is 1.34. The predicted molar refractivity (Wildman–Crippen MR) is 38.5 cm³/mol. The summed E-state index contributed by atoms with van der Waals surface area (Å²) < 4.78 is 20.1. The van der Waals surface area contributed by atoms with Crippen LogP contribution in [0.2, 0.25) is 0 Å². The molecular formula is C4H13N2O3P. The van der Waals surface area contributed by atoms with E-state index in [-0.39, 0.29) is 0 Å². The van der Waals surface area contributed by atoms with Crippen molar-refractivity contribution in [3.8, 4) is 0 Å². The van der Waals surface area contributed by atoms with E-state index in [1.165, 1.54) is 10.1 Å². The zero-order valence-electron chi connectivity index (χ0n) is 6.62. The number of hydrogen-bond acceptors (Lipinski definition) is 5. The second kappa shape index (κ2) is 4.82. The maximum absolute atomic E-state index is 10.7. The number of hydroxylamine groups is 4. The van der Waals surface area contributed by atoms with E-state index in [1.54, 1.807) is 28.2 Å². The second-order valence-corrected chi connectivity index (χ2v) is 2.92. The Morgan fingerprint density at radius 3 is 1.50 bits per heavy atom. The minimum atomic E-state index is -2.39. The molecule has 0 saturated carbocycles. The molecule has 0 saturated heterocycles. The van der Waals surface area contributed by atoms with Gasteiger partial charge in [-0.15, -0.1) is 0 Å². The van der Waals surface area contributed by atoms with Crippen LogP contribution < -0.4 is 0 Å². The normalized spacial score (nSPS) is 11.9. The van der Waals surface area contributed by atoms with Gasteiger partial charge in [-0.2, -0.15) is 10.1 Å². The van der Waals surface area contributed by atoms with E-state index in [0.717, 1.165) is 0 Å². The fourth-order valence-corrected chi connectivity index (χ4v) is 0.944. The highest BCUT2D eigenvalue weighted by molar-refractivity contribution is 7.33. The molecule has 0 amide bonds. The first-order valence-corrected chi connectivity index (χ1v) is 3.99. The third-order valence-corrected chi connectivity index (χ3v) is 1.54. The van der Waals surface area contributed by atoms with Gasteiger partial charge in [0.05, 0.1) is 0 Å². The number of hydrogen-bond donors (Lipinski definition) is 0. The SMILES string of the molecule is CN(C)O[PH](=O)ON(C)C. The summed E-state index contributed by atoms with van der Waals surface area (Å²) in [5, 5.41) is 2.68. The third-order valence-electron chi connectivity index (χ3n) is 0.514. The predicted octanol–water partition coefficient (Wildman–Crippen LogP) is 0.362. The van der Waals surface area contributed by atoms with Crippen LogP contribution in [0, 0.1) is 0 Å². The zero-order valence-corrected chi connectivity index (χ0v) is 7.62. The Balaban J connectivity index is 3.44. The summed E-state index contributed by atoms with van der Waals surface area (Å²) in [4.78, 5) is 0. The second-order valence-electron chi connectivity index (χ2n) is 2.06. The van der Waals surface area contributed by atoms with Gasteiger partial charge in [0.25, 0.3) is 0 Å². The van der Waals surface area contributed by atoms with E-state index >= 15 is 0 Å². The molecule has 0 aliphatic heterocycles. The van der Waals surface area contributed by atoms with Crippen molar-refractivity contribution in [2.24, 2.45) is 0 Å². The Labute approximate surface area is 61.4 Å². The van der Waals surface area contributed by atoms with Gasteiger partial charge >= 0.3 is 8.25 Å². The fraction of sp³-hybridized carbons (Fsp3) is 1.00. The zero-order chi connectivity index (χ0) is 8.15. The van der Waals surface area contributed by atoms with Crippen molar-refractivity contribution in [1.82, 2.24) is 10.1 Å². The lowest BCUT2D eigenvalue weighted by molar-refractivity contribution is -0.0656. The summed E-state index contributed by atoms with van der Waals surface area (Å²) in [5.41, 5.74) is 0. The monoisotopic (exact) mass is 168 g/mol. The van der Waals surface area contributed by atoms with E-state index in [1.807, 2.05) is 0 Å². The number of nitrogens with zero attached hydrogens (tertiary/aromatic N) is 2. The molecule has 5 nitrogen and oxygen atoms in total. The molecule has 10 heavy (non-hydrogen) atoms. The molecule has 62 valence electrons. The van der Waals surface area contributed by atoms with Crippen LogP contribution in [0.5, 0.6) is 0 Å². The van der Waals surface area contributed by atoms with Crippen LogP contribution in [0.15, 0.2) is 0 Å². The van der Waals surface area contributed by atoms with Gasteiger partial charge in [0.2, 0.25) is 0 Å². The van der Waals surface area contributed by atoms with Crippen LogP contribution in [-0.2, 0) is 13.8 Å². The van der Waals surface area contributed by atoms with Gasteiger partial charge in [0, 0.05) is 28.2 Å². The van der Waals surface area contributed by atoms with Crippen molar-refractivity contribution in [3.63, 3.8) is 0 Å². The smallest absolute Gasteiger partial charge is 0.260 e. The maximum atomic E-state index is 10.7. The summed E-state index contributed by atoms with van der Waals surface area (Å²) in [5.74, 6) is 0. The molecule has 0 unspecified atom stereocenters. The van der Waals surface area contributed by atoms with Crippen LogP contribution >= 0.6 is 8.25 Å². The highest BCUT2D eigenvalue weighted by atomic mass is 31.1. The van der Waals surface area contributed by atoms with Gasteiger partial charge in [-0.3, -0.25) is 4.57 Å². The minimum Gasteiger partial charge on any atom is -0.260 e. The van der Waals surface area contributed by atoms with Crippen molar-refractivity contribution in [2.75, 3.05) is 28.2 Å². The molecule has 0 radical (unpaired) electrons. The van der Waals surface area contributed by atoms with E-state index in [9.17, 15) is 4.57 Å². The van der Waals surface area contributed by atoms with Crippen molar-refractivity contribution >= 4 is 8.25 Å².